The monoisotopic (exact) mass is 399 g/mol. The molecule has 0 spiro atoms. The van der Waals surface area contributed by atoms with Crippen molar-refractivity contribution in [3.8, 4) is 0 Å². The lowest BCUT2D eigenvalue weighted by Crippen LogP contribution is -2.39. The Kier molecular flexibility index (Phi) is 5.50. The molecule has 28 heavy (non-hydrogen) atoms. The average Bonchev–Trinajstić information content (AvgIpc) is 3.38. The number of pyridine rings is 1. The highest BCUT2D eigenvalue weighted by atomic mass is 32.2. The molecule has 1 atom stereocenters. The van der Waals surface area contributed by atoms with E-state index in [2.05, 4.69) is 15.6 Å². The lowest BCUT2D eigenvalue weighted by atomic mass is 9.94. The van der Waals surface area contributed by atoms with Gasteiger partial charge in [-0.25, -0.2) is 0 Å². The fourth-order valence-corrected chi connectivity index (χ4v) is 4.34. The molecule has 2 aliphatic heterocycles. The number of allylic oxidation sites excluding steroid dienone is 1. The van der Waals surface area contributed by atoms with E-state index in [0.717, 1.165) is 5.69 Å². The third-order valence-electron chi connectivity index (χ3n) is 4.76. The summed E-state index contributed by atoms with van der Waals surface area (Å²) in [5, 5.41) is 6.13. The standard InChI is InChI=1S/C20H21N3O4S/c1-12-4-5-14(11-21-12)19(25)23-20-22-16(15-3-2-8-27-15)18(28-20)17(24)13-6-9-26-10-7-13/h2-5,8,11,13,20,22H,6-7,9-10H2,1H3,(H,23,25). The molecule has 1 amide bonds. The number of amides is 1. The molecular formula is C20H21N3O4S. The second kappa shape index (κ2) is 8.20. The van der Waals surface area contributed by atoms with Crippen molar-refractivity contribution in [2.45, 2.75) is 25.3 Å². The Morgan fingerprint density at radius 1 is 1.25 bits per heavy atom. The molecule has 2 aromatic rings. The number of carbonyl (C=O) groups is 2. The summed E-state index contributed by atoms with van der Waals surface area (Å²) in [7, 11) is 0. The number of carbonyl (C=O) groups excluding carboxylic acids is 2. The van der Waals surface area contributed by atoms with Gasteiger partial charge in [-0.15, -0.1) is 0 Å². The van der Waals surface area contributed by atoms with Crippen molar-refractivity contribution in [1.29, 1.82) is 0 Å². The summed E-state index contributed by atoms with van der Waals surface area (Å²) < 4.78 is 10.9. The fourth-order valence-electron chi connectivity index (χ4n) is 3.20. The van der Waals surface area contributed by atoms with Crippen LogP contribution in [0.5, 0.6) is 0 Å². The van der Waals surface area contributed by atoms with E-state index in [4.69, 9.17) is 9.15 Å². The average molecular weight is 399 g/mol. The van der Waals surface area contributed by atoms with Crippen LogP contribution >= 0.6 is 11.8 Å². The van der Waals surface area contributed by atoms with Crippen molar-refractivity contribution >= 4 is 29.1 Å². The Morgan fingerprint density at radius 2 is 2.07 bits per heavy atom. The van der Waals surface area contributed by atoms with Crippen LogP contribution in [0.4, 0.5) is 0 Å². The molecule has 1 fully saturated rings. The first-order valence-electron chi connectivity index (χ1n) is 9.18. The molecule has 0 aromatic carbocycles. The first-order chi connectivity index (χ1) is 13.6. The van der Waals surface area contributed by atoms with Gasteiger partial charge in [-0.1, -0.05) is 11.8 Å². The minimum atomic E-state index is -0.465. The number of nitrogens with one attached hydrogen (secondary N) is 2. The molecule has 1 unspecified atom stereocenters. The molecule has 0 saturated carbocycles. The van der Waals surface area contributed by atoms with E-state index >= 15 is 0 Å². The quantitative estimate of drug-likeness (QED) is 0.798. The summed E-state index contributed by atoms with van der Waals surface area (Å²) in [4.78, 5) is 30.4. The number of aryl methyl sites for hydroxylation is 1. The number of hydrogen-bond donors (Lipinski definition) is 2. The highest BCUT2D eigenvalue weighted by Gasteiger charge is 2.35. The summed E-state index contributed by atoms with van der Waals surface area (Å²) in [6.07, 6.45) is 4.52. The molecule has 4 rings (SSSR count). The zero-order valence-electron chi connectivity index (χ0n) is 15.4. The number of ketones is 1. The largest absolute Gasteiger partial charge is 0.463 e. The van der Waals surface area contributed by atoms with Gasteiger partial charge < -0.3 is 19.8 Å². The number of rotatable bonds is 5. The van der Waals surface area contributed by atoms with Crippen LogP contribution in [0.1, 0.15) is 34.7 Å². The van der Waals surface area contributed by atoms with Crippen LogP contribution in [0.25, 0.3) is 5.70 Å². The molecule has 1 saturated heterocycles. The van der Waals surface area contributed by atoms with E-state index in [1.54, 1.807) is 36.7 Å². The van der Waals surface area contributed by atoms with Crippen molar-refractivity contribution in [2.75, 3.05) is 13.2 Å². The van der Waals surface area contributed by atoms with Crippen LogP contribution in [0.2, 0.25) is 0 Å². The van der Waals surface area contributed by atoms with Gasteiger partial charge in [0.25, 0.3) is 5.91 Å². The Morgan fingerprint density at radius 3 is 2.75 bits per heavy atom. The number of furan rings is 1. The van der Waals surface area contributed by atoms with Gasteiger partial charge in [-0.3, -0.25) is 14.6 Å². The Bertz CT molecular complexity index is 887. The van der Waals surface area contributed by atoms with E-state index in [0.29, 0.717) is 48.0 Å². The maximum atomic E-state index is 13.1. The second-order valence-corrected chi connectivity index (χ2v) is 7.85. The summed E-state index contributed by atoms with van der Waals surface area (Å²) in [5.41, 5.74) is 1.47. The van der Waals surface area contributed by atoms with Crippen LogP contribution in [0, 0.1) is 12.8 Å². The predicted octanol–water partition coefficient (Wildman–Crippen LogP) is 2.70. The van der Waals surface area contributed by atoms with E-state index in [1.807, 2.05) is 6.92 Å². The van der Waals surface area contributed by atoms with Gasteiger partial charge in [0, 0.05) is 31.0 Å². The minimum absolute atomic E-state index is 0.0703. The highest BCUT2D eigenvalue weighted by molar-refractivity contribution is 8.05. The molecule has 4 heterocycles. The Labute approximate surface area is 166 Å². The van der Waals surface area contributed by atoms with Gasteiger partial charge in [0.05, 0.1) is 22.4 Å². The van der Waals surface area contributed by atoms with Crippen LogP contribution in [0.15, 0.2) is 46.0 Å². The second-order valence-electron chi connectivity index (χ2n) is 6.74. The molecule has 7 nitrogen and oxygen atoms in total. The van der Waals surface area contributed by atoms with Gasteiger partial charge in [-0.05, 0) is 44.0 Å². The van der Waals surface area contributed by atoms with E-state index < -0.39 is 5.50 Å². The van der Waals surface area contributed by atoms with E-state index in [9.17, 15) is 9.59 Å². The zero-order chi connectivity index (χ0) is 19.5. The molecule has 0 radical (unpaired) electrons. The Balaban J connectivity index is 1.51. The SMILES string of the molecule is Cc1ccc(C(=O)NC2NC(c3ccco3)=C(C(=O)C3CCOCC3)S2)cn1. The predicted molar refractivity (Wildman–Crippen MR) is 105 cm³/mol. The van der Waals surface area contributed by atoms with E-state index in [-0.39, 0.29) is 17.6 Å². The lowest BCUT2D eigenvalue weighted by molar-refractivity contribution is -0.121. The molecule has 146 valence electrons. The number of hydrogen-bond acceptors (Lipinski definition) is 7. The number of Topliss-reactive ketones (excluding diaryl/α,β-unsaturated/α-hetero) is 1. The fraction of sp³-hybridized carbons (Fsp3) is 0.350. The van der Waals surface area contributed by atoms with Crippen molar-refractivity contribution in [3.05, 3.63) is 58.6 Å². The smallest absolute Gasteiger partial charge is 0.255 e. The third-order valence-corrected chi connectivity index (χ3v) is 5.87. The first-order valence-corrected chi connectivity index (χ1v) is 10.1. The number of thioether (sulfide) groups is 1. The first kappa shape index (κ1) is 18.8. The van der Waals surface area contributed by atoms with Crippen molar-refractivity contribution < 1.29 is 18.7 Å². The van der Waals surface area contributed by atoms with Gasteiger partial charge in [0.1, 0.15) is 0 Å². The maximum Gasteiger partial charge on any atom is 0.255 e. The molecule has 2 aromatic heterocycles. The lowest BCUT2D eigenvalue weighted by Gasteiger charge is -2.21. The van der Waals surface area contributed by atoms with Gasteiger partial charge in [0.2, 0.25) is 0 Å². The Hall–Kier alpha value is -2.58. The van der Waals surface area contributed by atoms with Gasteiger partial charge >= 0.3 is 0 Å². The van der Waals surface area contributed by atoms with Crippen LogP contribution in [-0.2, 0) is 9.53 Å². The minimum Gasteiger partial charge on any atom is -0.463 e. The van der Waals surface area contributed by atoms with Gasteiger partial charge in [-0.2, -0.15) is 0 Å². The zero-order valence-corrected chi connectivity index (χ0v) is 16.3. The van der Waals surface area contributed by atoms with Crippen LogP contribution in [-0.4, -0.2) is 35.4 Å². The summed E-state index contributed by atoms with van der Waals surface area (Å²) in [5.74, 6) is 0.326. The summed E-state index contributed by atoms with van der Waals surface area (Å²) >= 11 is 1.31. The van der Waals surface area contributed by atoms with E-state index in [1.165, 1.54) is 11.8 Å². The van der Waals surface area contributed by atoms with Crippen molar-refractivity contribution in [3.63, 3.8) is 0 Å². The van der Waals surface area contributed by atoms with Crippen LogP contribution in [0.3, 0.4) is 0 Å². The normalized spacial score (nSPS) is 20.1. The van der Waals surface area contributed by atoms with Gasteiger partial charge in [0.15, 0.2) is 17.0 Å². The summed E-state index contributed by atoms with van der Waals surface area (Å²) in [6, 6.07) is 7.09. The molecular weight excluding hydrogens is 378 g/mol. The maximum absolute atomic E-state index is 13.1. The third kappa shape index (κ3) is 3.98. The molecule has 0 bridgehead atoms. The molecule has 2 N–H and O–H groups in total. The molecule has 2 aliphatic rings. The molecule has 0 aliphatic carbocycles. The molecule has 8 heteroatoms. The van der Waals surface area contributed by atoms with Crippen molar-refractivity contribution in [2.24, 2.45) is 5.92 Å². The number of aromatic nitrogens is 1. The van der Waals surface area contributed by atoms with Crippen molar-refractivity contribution in [1.82, 2.24) is 15.6 Å². The van der Waals surface area contributed by atoms with Crippen LogP contribution < -0.4 is 10.6 Å². The topological polar surface area (TPSA) is 93.5 Å². The number of nitrogens with zero attached hydrogens (tertiary/aromatic N) is 1. The highest BCUT2D eigenvalue weighted by Crippen LogP contribution is 2.38. The summed E-state index contributed by atoms with van der Waals surface area (Å²) in [6.45, 7) is 3.06. The number of ether oxygens (including phenoxy) is 1.